The first-order chi connectivity index (χ1) is 8.61. The normalized spacial score (nSPS) is 35.5. The number of fused-ring (bicyclic) bond motifs is 1. The van der Waals surface area contributed by atoms with E-state index in [9.17, 15) is 0 Å². The van der Waals surface area contributed by atoms with Gasteiger partial charge in [-0.3, -0.25) is 0 Å². The monoisotopic (exact) mass is 306 g/mol. The van der Waals surface area contributed by atoms with Gasteiger partial charge in [-0.15, -0.1) is 0 Å². The summed E-state index contributed by atoms with van der Waals surface area (Å²) in [5.74, 6) is 0. The van der Waals surface area contributed by atoms with Gasteiger partial charge in [-0.1, -0.05) is 40.2 Å². The van der Waals surface area contributed by atoms with Gasteiger partial charge in [-0.2, -0.15) is 0 Å². The summed E-state index contributed by atoms with van der Waals surface area (Å²) < 4.78 is 0. The van der Waals surface area contributed by atoms with Crippen LogP contribution < -0.4 is 5.32 Å². The molecule has 1 aliphatic carbocycles. The molecule has 0 radical (unpaired) electrons. The molecule has 18 heavy (non-hydrogen) atoms. The molecule has 0 saturated heterocycles. The van der Waals surface area contributed by atoms with Crippen molar-refractivity contribution in [3.8, 4) is 0 Å². The van der Waals surface area contributed by atoms with Gasteiger partial charge >= 0.3 is 0 Å². The second kappa shape index (κ2) is 4.39. The summed E-state index contributed by atoms with van der Waals surface area (Å²) in [6.45, 7) is 4.48. The molecule has 2 atom stereocenters. The molecule has 0 aromatic carbocycles. The van der Waals surface area contributed by atoms with Crippen LogP contribution in [0, 0.1) is 0 Å². The Bertz CT molecular complexity index is 487. The molecule has 3 rings (SSSR count). The number of nitrogens with zero attached hydrogens (tertiary/aromatic N) is 1. The fourth-order valence-corrected chi connectivity index (χ4v) is 3.50. The molecule has 0 aromatic heterocycles. The van der Waals surface area contributed by atoms with Gasteiger partial charge < -0.3 is 10.2 Å². The Hall–Kier alpha value is -0.800. The lowest BCUT2D eigenvalue weighted by molar-refractivity contribution is 0.357. The summed E-state index contributed by atoms with van der Waals surface area (Å²) >= 11 is 3.76. The molecule has 96 valence electrons. The highest BCUT2D eigenvalue weighted by atomic mass is 79.9. The zero-order valence-electron chi connectivity index (χ0n) is 10.9. The van der Waals surface area contributed by atoms with Gasteiger partial charge in [0.05, 0.1) is 10.4 Å². The van der Waals surface area contributed by atoms with Crippen molar-refractivity contribution in [2.24, 2.45) is 0 Å². The number of hydrogen-bond acceptors (Lipinski definition) is 2. The lowest BCUT2D eigenvalue weighted by Crippen LogP contribution is -2.46. The molecule has 2 unspecified atom stereocenters. The van der Waals surface area contributed by atoms with Gasteiger partial charge in [0.15, 0.2) is 0 Å². The van der Waals surface area contributed by atoms with Crippen molar-refractivity contribution < 1.29 is 0 Å². The fourth-order valence-electron chi connectivity index (χ4n) is 2.94. The van der Waals surface area contributed by atoms with Gasteiger partial charge in [0.25, 0.3) is 0 Å². The number of rotatable bonds is 1. The van der Waals surface area contributed by atoms with Crippen LogP contribution in [0.3, 0.4) is 0 Å². The Kier molecular flexibility index (Phi) is 2.99. The minimum atomic E-state index is 0.000934. The van der Waals surface area contributed by atoms with E-state index in [2.05, 4.69) is 70.6 Å². The molecule has 0 saturated carbocycles. The first kappa shape index (κ1) is 12.2. The smallest absolute Gasteiger partial charge is 0.0758 e. The predicted molar refractivity (Wildman–Crippen MR) is 79.8 cm³/mol. The Morgan fingerprint density at radius 2 is 2.33 bits per heavy atom. The van der Waals surface area contributed by atoms with Crippen molar-refractivity contribution in [1.82, 2.24) is 10.2 Å². The number of alkyl halides is 1. The first-order valence-corrected chi connectivity index (χ1v) is 7.42. The Labute approximate surface area is 117 Å². The number of allylic oxidation sites excluding steroid dienone is 2. The molecule has 3 aliphatic rings. The molecule has 0 bridgehead atoms. The van der Waals surface area contributed by atoms with Gasteiger partial charge in [-0.05, 0) is 37.1 Å². The van der Waals surface area contributed by atoms with E-state index in [0.717, 1.165) is 13.0 Å². The summed E-state index contributed by atoms with van der Waals surface area (Å²) in [6.07, 6.45) is 12.3. The predicted octanol–water partition coefficient (Wildman–Crippen LogP) is 2.75. The average molecular weight is 307 g/mol. The van der Waals surface area contributed by atoms with Crippen molar-refractivity contribution in [3.63, 3.8) is 0 Å². The molecular formula is C15H19BrN2. The van der Waals surface area contributed by atoms with E-state index >= 15 is 0 Å². The highest BCUT2D eigenvalue weighted by Crippen LogP contribution is 2.41. The Morgan fingerprint density at radius 3 is 3.11 bits per heavy atom. The quantitative estimate of drug-likeness (QED) is 0.749. The second-order valence-electron chi connectivity index (χ2n) is 5.53. The van der Waals surface area contributed by atoms with Gasteiger partial charge in [0.1, 0.15) is 0 Å². The maximum absolute atomic E-state index is 3.76. The van der Waals surface area contributed by atoms with Crippen molar-refractivity contribution >= 4 is 15.9 Å². The number of halogens is 1. The average Bonchev–Trinajstić information content (AvgIpc) is 2.69. The van der Waals surface area contributed by atoms with Crippen LogP contribution in [0.4, 0.5) is 0 Å². The third-order valence-corrected chi connectivity index (χ3v) is 5.37. The topological polar surface area (TPSA) is 15.3 Å². The summed E-state index contributed by atoms with van der Waals surface area (Å²) in [6, 6.07) is 0. The molecular weight excluding hydrogens is 288 g/mol. The zero-order chi connectivity index (χ0) is 12.8. The molecule has 0 aromatic rings. The van der Waals surface area contributed by atoms with Gasteiger partial charge in [0.2, 0.25) is 0 Å². The van der Waals surface area contributed by atoms with Crippen LogP contribution in [0.2, 0.25) is 0 Å². The van der Waals surface area contributed by atoms with Crippen LogP contribution in [0.25, 0.3) is 0 Å². The number of likely N-dealkylation sites (N-methyl/N-ethyl adjacent to an activating group) is 1. The summed E-state index contributed by atoms with van der Waals surface area (Å²) in [5.41, 5.74) is 4.26. The second-order valence-corrected chi connectivity index (χ2v) is 6.51. The van der Waals surface area contributed by atoms with Crippen LogP contribution in [-0.2, 0) is 0 Å². The van der Waals surface area contributed by atoms with E-state index in [1.807, 2.05) is 0 Å². The van der Waals surface area contributed by atoms with Crippen LogP contribution in [-0.4, -0.2) is 35.4 Å². The van der Waals surface area contributed by atoms with Crippen molar-refractivity contribution in [3.05, 3.63) is 47.2 Å². The molecule has 0 spiro atoms. The fraction of sp³-hybridized carbons (Fsp3) is 0.467. The Morgan fingerprint density at radius 1 is 1.50 bits per heavy atom. The van der Waals surface area contributed by atoms with Crippen LogP contribution in [0.1, 0.15) is 13.3 Å². The highest BCUT2D eigenvalue weighted by Gasteiger charge is 2.41. The van der Waals surface area contributed by atoms with Gasteiger partial charge in [0, 0.05) is 19.3 Å². The van der Waals surface area contributed by atoms with E-state index in [4.69, 9.17) is 0 Å². The lowest BCUT2D eigenvalue weighted by Gasteiger charge is -2.34. The molecule has 1 N–H and O–H groups in total. The third-order valence-electron chi connectivity index (χ3n) is 4.15. The standard InChI is InChI=1S/C15H19BrN2/c1-15-13(6-3-7-14(15)16)12(9-17-15)11-5-4-8-18(2)10-11/h3,5-7,9,14,17H,4,8,10H2,1-2H3. The minimum Gasteiger partial charge on any atom is -0.380 e. The van der Waals surface area contributed by atoms with Crippen molar-refractivity contribution in [2.75, 3.05) is 20.1 Å². The molecule has 2 aliphatic heterocycles. The largest absolute Gasteiger partial charge is 0.380 e. The first-order valence-electron chi connectivity index (χ1n) is 6.50. The number of nitrogens with one attached hydrogen (secondary N) is 1. The van der Waals surface area contributed by atoms with Crippen LogP contribution >= 0.6 is 15.9 Å². The number of hydrogen-bond donors (Lipinski definition) is 1. The van der Waals surface area contributed by atoms with E-state index in [1.165, 1.54) is 23.3 Å². The molecule has 0 amide bonds. The van der Waals surface area contributed by atoms with E-state index in [1.54, 1.807) is 0 Å². The van der Waals surface area contributed by atoms with Crippen molar-refractivity contribution in [2.45, 2.75) is 23.7 Å². The van der Waals surface area contributed by atoms with Crippen LogP contribution in [0.5, 0.6) is 0 Å². The van der Waals surface area contributed by atoms with E-state index in [-0.39, 0.29) is 5.54 Å². The molecule has 2 heterocycles. The zero-order valence-corrected chi connectivity index (χ0v) is 12.5. The summed E-state index contributed by atoms with van der Waals surface area (Å²) in [7, 11) is 2.19. The summed E-state index contributed by atoms with van der Waals surface area (Å²) in [4.78, 5) is 2.73. The maximum Gasteiger partial charge on any atom is 0.0758 e. The SMILES string of the molecule is CN1CCC=C(C2=CNC3(C)C2=CC=CC3Br)C1. The maximum atomic E-state index is 3.76. The van der Waals surface area contributed by atoms with E-state index in [0.29, 0.717) is 4.83 Å². The Balaban J connectivity index is 1.94. The highest BCUT2D eigenvalue weighted by molar-refractivity contribution is 9.09. The van der Waals surface area contributed by atoms with E-state index < -0.39 is 0 Å². The van der Waals surface area contributed by atoms with Crippen molar-refractivity contribution in [1.29, 1.82) is 0 Å². The molecule has 0 fully saturated rings. The third kappa shape index (κ3) is 1.81. The molecule has 2 nitrogen and oxygen atoms in total. The summed E-state index contributed by atoms with van der Waals surface area (Å²) in [5, 5.41) is 3.56. The van der Waals surface area contributed by atoms with Gasteiger partial charge in [-0.25, -0.2) is 0 Å². The lowest BCUT2D eigenvalue weighted by atomic mass is 9.81. The van der Waals surface area contributed by atoms with Crippen LogP contribution in [0.15, 0.2) is 47.2 Å². The molecule has 3 heteroatoms. The minimum absolute atomic E-state index is 0.000934.